The molecule has 0 spiro atoms. The maximum Gasteiger partial charge on any atom is 0.204 e. The molecule has 2 radical (unpaired) electrons. The van der Waals surface area contributed by atoms with Crippen molar-refractivity contribution in [2.45, 2.75) is 25.1 Å². The van der Waals surface area contributed by atoms with Crippen LogP contribution in [0.4, 0.5) is 0 Å². The molecule has 16 heavy (non-hydrogen) atoms. The Hall–Kier alpha value is 0.0949. The first-order chi connectivity index (χ1) is 7.41. The van der Waals surface area contributed by atoms with Crippen molar-refractivity contribution < 1.29 is 23.5 Å². The van der Waals surface area contributed by atoms with Crippen molar-refractivity contribution >= 4 is 15.6 Å². The van der Waals surface area contributed by atoms with Gasteiger partial charge in [0.15, 0.2) is 0 Å². The van der Waals surface area contributed by atoms with Crippen LogP contribution < -0.4 is 9.98 Å². The van der Waals surface area contributed by atoms with Crippen LogP contribution >= 0.6 is 7.75 Å². The molecule has 0 saturated carbocycles. The van der Waals surface area contributed by atoms with Crippen molar-refractivity contribution in [2.24, 2.45) is 5.92 Å². The average molecular weight is 248 g/mol. The predicted octanol–water partition coefficient (Wildman–Crippen LogP) is -0.765. The highest BCUT2D eigenvalue weighted by Crippen LogP contribution is 2.36. The number of hydrogen-bond acceptors (Lipinski definition) is 5. The van der Waals surface area contributed by atoms with Crippen LogP contribution in [0.5, 0.6) is 0 Å². The standard InChI is InChI=1S/C8H17BNO5P/c1-5-7(10-16(11,12)14-3)6(4-13-2)15-8(5)9/h5-8H,4H2,1-3H3,(H2,10,11,12)/p-1/t5-,6+,7?,8+/m0/s1. The average Bonchev–Trinajstić information content (AvgIpc) is 2.47. The second-order valence-electron chi connectivity index (χ2n) is 3.79. The molecule has 5 atom stereocenters. The molecular formula is C8H16BNO5P-. The van der Waals surface area contributed by atoms with E-state index >= 15 is 0 Å². The Labute approximate surface area is 96.6 Å². The monoisotopic (exact) mass is 248 g/mol. The van der Waals surface area contributed by atoms with Gasteiger partial charge in [0.2, 0.25) is 7.75 Å². The molecule has 1 aliphatic rings. The molecule has 0 aromatic rings. The molecule has 0 aromatic carbocycles. The van der Waals surface area contributed by atoms with Gasteiger partial charge in [-0.05, 0) is 5.92 Å². The van der Waals surface area contributed by atoms with Crippen molar-refractivity contribution in [2.75, 3.05) is 20.8 Å². The van der Waals surface area contributed by atoms with Crippen LogP contribution in [0.3, 0.4) is 0 Å². The third-order valence-electron chi connectivity index (χ3n) is 2.70. The summed E-state index contributed by atoms with van der Waals surface area (Å²) in [6.45, 7) is 2.09. The van der Waals surface area contributed by atoms with Crippen LogP contribution in [0.1, 0.15) is 6.92 Å². The summed E-state index contributed by atoms with van der Waals surface area (Å²) in [6.07, 6.45) is -0.396. The topological polar surface area (TPSA) is 79.9 Å². The minimum absolute atomic E-state index is 0.141. The third kappa shape index (κ3) is 3.29. The molecule has 1 aliphatic heterocycles. The zero-order chi connectivity index (χ0) is 12.3. The second-order valence-corrected chi connectivity index (χ2v) is 5.41. The summed E-state index contributed by atoms with van der Waals surface area (Å²) < 4.78 is 26.0. The quantitative estimate of drug-likeness (QED) is 0.508. The van der Waals surface area contributed by atoms with E-state index in [1.165, 1.54) is 7.11 Å². The van der Waals surface area contributed by atoms with E-state index in [4.69, 9.17) is 17.3 Å². The number of methoxy groups -OCH3 is 1. The summed E-state index contributed by atoms with van der Waals surface area (Å²) in [7, 11) is 4.28. The van der Waals surface area contributed by atoms with Gasteiger partial charge in [0, 0.05) is 26.3 Å². The van der Waals surface area contributed by atoms with Crippen LogP contribution in [-0.2, 0) is 18.6 Å². The Morgan fingerprint density at radius 3 is 2.69 bits per heavy atom. The van der Waals surface area contributed by atoms with Gasteiger partial charge in [0.1, 0.15) is 7.85 Å². The molecule has 0 aliphatic carbocycles. The highest BCUT2D eigenvalue weighted by Gasteiger charge is 2.40. The SMILES string of the molecule is [B][C@@H]1O[C@H](COC)C(NP(=O)([O-])OC)[C@@H]1C. The molecule has 8 heteroatoms. The fourth-order valence-corrected chi connectivity index (χ4v) is 2.57. The Morgan fingerprint density at radius 2 is 2.19 bits per heavy atom. The molecule has 92 valence electrons. The largest absolute Gasteiger partial charge is 0.766 e. The van der Waals surface area contributed by atoms with Gasteiger partial charge in [-0.3, -0.25) is 9.65 Å². The van der Waals surface area contributed by atoms with Gasteiger partial charge in [-0.1, -0.05) is 6.92 Å². The summed E-state index contributed by atoms with van der Waals surface area (Å²) in [5.41, 5.74) is 0. The Morgan fingerprint density at radius 1 is 1.56 bits per heavy atom. The van der Waals surface area contributed by atoms with E-state index in [0.717, 1.165) is 7.11 Å². The van der Waals surface area contributed by atoms with Crippen molar-refractivity contribution in [3.63, 3.8) is 0 Å². The predicted molar refractivity (Wildman–Crippen MR) is 57.0 cm³/mol. The van der Waals surface area contributed by atoms with E-state index in [-0.39, 0.29) is 12.5 Å². The van der Waals surface area contributed by atoms with Gasteiger partial charge in [-0.25, -0.2) is 0 Å². The van der Waals surface area contributed by atoms with Gasteiger partial charge >= 0.3 is 0 Å². The van der Waals surface area contributed by atoms with Gasteiger partial charge in [-0.15, -0.1) is 0 Å². The summed E-state index contributed by atoms with van der Waals surface area (Å²) >= 11 is 0. The van der Waals surface area contributed by atoms with Crippen molar-refractivity contribution in [3.8, 4) is 0 Å². The van der Waals surface area contributed by atoms with Crippen LogP contribution in [-0.4, -0.2) is 46.8 Å². The molecule has 0 amide bonds. The van der Waals surface area contributed by atoms with E-state index < -0.39 is 25.9 Å². The smallest absolute Gasteiger partial charge is 0.204 e. The highest BCUT2D eigenvalue weighted by atomic mass is 31.2. The fourth-order valence-electron chi connectivity index (χ4n) is 1.70. The van der Waals surface area contributed by atoms with Crippen molar-refractivity contribution in [1.82, 2.24) is 5.09 Å². The van der Waals surface area contributed by atoms with Gasteiger partial charge in [0.05, 0.1) is 12.7 Å². The second kappa shape index (κ2) is 5.62. The van der Waals surface area contributed by atoms with Crippen LogP contribution in [0.25, 0.3) is 0 Å². The Balaban J connectivity index is 2.70. The highest BCUT2D eigenvalue weighted by molar-refractivity contribution is 7.49. The first-order valence-corrected chi connectivity index (χ1v) is 6.50. The molecular weight excluding hydrogens is 232 g/mol. The number of rotatable bonds is 5. The molecule has 1 N–H and O–H groups in total. The molecule has 2 unspecified atom stereocenters. The molecule has 1 rings (SSSR count). The van der Waals surface area contributed by atoms with E-state index in [1.54, 1.807) is 0 Å². The first kappa shape index (κ1) is 14.2. The number of hydrogen-bond donors (Lipinski definition) is 1. The van der Waals surface area contributed by atoms with Crippen molar-refractivity contribution in [1.29, 1.82) is 0 Å². The summed E-state index contributed by atoms with van der Waals surface area (Å²) in [6, 6.07) is -0.937. The van der Waals surface area contributed by atoms with E-state index in [9.17, 15) is 9.46 Å². The van der Waals surface area contributed by atoms with E-state index in [1.807, 2.05) is 6.92 Å². The minimum Gasteiger partial charge on any atom is -0.766 e. The Kier molecular flexibility index (Phi) is 4.97. The van der Waals surface area contributed by atoms with Gasteiger partial charge < -0.3 is 18.9 Å². The molecule has 0 aromatic heterocycles. The molecule has 1 saturated heterocycles. The normalized spacial score (nSPS) is 38.5. The van der Waals surface area contributed by atoms with Crippen molar-refractivity contribution in [3.05, 3.63) is 0 Å². The minimum atomic E-state index is -4.04. The fraction of sp³-hybridized carbons (Fsp3) is 1.00. The lowest BCUT2D eigenvalue weighted by molar-refractivity contribution is -0.201. The number of ether oxygens (including phenoxy) is 2. The van der Waals surface area contributed by atoms with Crippen LogP contribution in [0.2, 0.25) is 0 Å². The van der Waals surface area contributed by atoms with Gasteiger partial charge in [-0.2, -0.15) is 0 Å². The molecule has 0 bridgehead atoms. The first-order valence-electron chi connectivity index (χ1n) is 4.96. The maximum absolute atomic E-state index is 11.3. The molecule has 1 fully saturated rings. The Bertz CT molecular complexity index is 279. The zero-order valence-electron chi connectivity index (χ0n) is 9.58. The summed E-state index contributed by atoms with van der Waals surface area (Å²) in [5.74, 6) is -0.141. The lowest BCUT2D eigenvalue weighted by Crippen LogP contribution is -2.43. The van der Waals surface area contributed by atoms with Crippen LogP contribution in [0, 0.1) is 5.92 Å². The number of nitrogens with one attached hydrogen (secondary N) is 1. The lowest BCUT2D eigenvalue weighted by Gasteiger charge is -2.30. The van der Waals surface area contributed by atoms with Crippen LogP contribution in [0.15, 0.2) is 0 Å². The zero-order valence-corrected chi connectivity index (χ0v) is 10.5. The molecule has 6 nitrogen and oxygen atoms in total. The van der Waals surface area contributed by atoms with E-state index in [0.29, 0.717) is 0 Å². The lowest BCUT2D eigenvalue weighted by atomic mass is 9.85. The molecule has 1 heterocycles. The summed E-state index contributed by atoms with van der Waals surface area (Å²) in [5, 5.41) is 2.41. The maximum atomic E-state index is 11.3. The van der Waals surface area contributed by atoms with Gasteiger partial charge in [0.25, 0.3) is 0 Å². The third-order valence-corrected chi connectivity index (χ3v) is 3.79. The van der Waals surface area contributed by atoms with E-state index in [2.05, 4.69) is 9.61 Å². The summed E-state index contributed by atoms with van der Waals surface area (Å²) in [4.78, 5) is 11.3.